The second kappa shape index (κ2) is 8.86. The van der Waals surface area contributed by atoms with Crippen molar-refractivity contribution in [1.29, 1.82) is 0 Å². The number of nitrogens with zero attached hydrogens (tertiary/aromatic N) is 1. The van der Waals surface area contributed by atoms with Crippen molar-refractivity contribution in [3.05, 3.63) is 70.8 Å². The van der Waals surface area contributed by atoms with Crippen LogP contribution in [-0.4, -0.2) is 65.2 Å². The van der Waals surface area contributed by atoms with Crippen molar-refractivity contribution in [2.45, 2.75) is 6.42 Å². The van der Waals surface area contributed by atoms with E-state index < -0.39 is 14.2 Å². The van der Waals surface area contributed by atoms with Gasteiger partial charge in [-0.15, -0.1) is 0 Å². The molecular weight excluding hydrogens is 356 g/mol. The molecule has 2 aliphatic rings. The van der Waals surface area contributed by atoms with Gasteiger partial charge in [-0.2, -0.15) is 0 Å². The molecule has 0 radical (unpaired) electrons. The topological polar surface area (TPSA) is 101 Å². The molecule has 8 heteroatoms. The summed E-state index contributed by atoms with van der Waals surface area (Å²) >= 11 is 0. The largest absolute Gasteiger partial charge is 0.488 e. The van der Waals surface area contributed by atoms with E-state index in [1.165, 1.54) is 0 Å². The Hall–Kier alpha value is -2.22. The van der Waals surface area contributed by atoms with Crippen molar-refractivity contribution in [1.82, 2.24) is 4.90 Å². The van der Waals surface area contributed by atoms with Gasteiger partial charge in [0.05, 0.1) is 0 Å². The monoisotopic (exact) mass is 379 g/mol. The number of ketones is 1. The number of benzene rings is 1. The van der Waals surface area contributed by atoms with E-state index in [0.717, 1.165) is 11.1 Å². The van der Waals surface area contributed by atoms with Crippen LogP contribution in [0.15, 0.2) is 65.2 Å². The quantitative estimate of drug-likeness (QED) is 0.424. The van der Waals surface area contributed by atoms with E-state index in [-0.39, 0.29) is 11.7 Å². The van der Waals surface area contributed by atoms with E-state index in [1.54, 1.807) is 36.4 Å². The third-order valence-electron chi connectivity index (χ3n) is 4.91. The summed E-state index contributed by atoms with van der Waals surface area (Å²) in [5.74, 6) is 0.0502. The van der Waals surface area contributed by atoms with Crippen LogP contribution in [0.3, 0.4) is 0 Å². The molecule has 1 aromatic rings. The fourth-order valence-corrected chi connectivity index (χ4v) is 3.42. The first-order chi connectivity index (χ1) is 13.3. The number of carbonyl (C=O) groups is 1. The Kier molecular flexibility index (Phi) is 6.49. The van der Waals surface area contributed by atoms with Crippen molar-refractivity contribution >= 4 is 31.6 Å². The van der Waals surface area contributed by atoms with Gasteiger partial charge in [-0.3, -0.25) is 9.69 Å². The minimum Gasteiger partial charge on any atom is -0.423 e. The molecule has 1 heterocycles. The first kappa shape index (κ1) is 20.5. The van der Waals surface area contributed by atoms with Crippen molar-refractivity contribution in [2.75, 3.05) is 20.1 Å². The van der Waals surface area contributed by atoms with Gasteiger partial charge in [-0.05, 0) is 42.0 Å². The van der Waals surface area contributed by atoms with Crippen LogP contribution in [0.5, 0.6) is 0 Å². The molecule has 0 amide bonds. The molecule has 1 atom stereocenters. The lowest BCUT2D eigenvalue weighted by Gasteiger charge is -2.27. The molecule has 1 aliphatic carbocycles. The second-order valence-electron chi connectivity index (χ2n) is 7.24. The molecule has 0 spiro atoms. The summed E-state index contributed by atoms with van der Waals surface area (Å²) in [6, 6.07) is 6.75. The number of hydrogen-bond donors (Lipinski definition) is 4. The summed E-state index contributed by atoms with van der Waals surface area (Å²) in [6.07, 6.45) is 9.73. The number of likely N-dealkylation sites (N-methyl/N-ethyl adjacent to an activating group) is 1. The molecule has 1 saturated heterocycles. The molecule has 1 aromatic carbocycles. The Morgan fingerprint density at radius 3 is 2.29 bits per heavy atom. The van der Waals surface area contributed by atoms with Crippen LogP contribution >= 0.6 is 0 Å². The second-order valence-corrected chi connectivity index (χ2v) is 7.24. The Morgan fingerprint density at radius 1 is 1.04 bits per heavy atom. The molecule has 0 bridgehead atoms. The van der Waals surface area contributed by atoms with Gasteiger partial charge in [-0.25, -0.2) is 0 Å². The highest BCUT2D eigenvalue weighted by molar-refractivity contribution is 6.58. The third kappa shape index (κ3) is 4.98. The Labute approximate surface area is 165 Å². The van der Waals surface area contributed by atoms with Gasteiger partial charge in [0, 0.05) is 24.2 Å². The predicted octanol–water partition coefficient (Wildman–Crippen LogP) is -0.295. The summed E-state index contributed by atoms with van der Waals surface area (Å²) in [5, 5.41) is 36.8. The lowest BCUT2D eigenvalue weighted by atomic mass is 9.75. The van der Waals surface area contributed by atoms with Crippen molar-refractivity contribution in [2.24, 2.45) is 5.92 Å². The molecule has 6 nitrogen and oxygen atoms in total. The fraction of sp³-hybridized carbons (Fsp3) is 0.250. The van der Waals surface area contributed by atoms with Crippen LogP contribution in [0.25, 0.3) is 6.08 Å². The standard InChI is InChI=1S/C20H23B2NO5/c1-23-12-16(10-14-2-6-18(7-3-14)21(25)26)20(24)17(13-23)11-15-4-8-19(9-5-15)22(27)28/h2-4,6-11,15,25-28H,5,12-13H2,1H3/b16-10+,17-11+. The van der Waals surface area contributed by atoms with E-state index in [9.17, 15) is 24.9 Å². The van der Waals surface area contributed by atoms with Crippen LogP contribution < -0.4 is 5.46 Å². The first-order valence-electron chi connectivity index (χ1n) is 9.18. The van der Waals surface area contributed by atoms with Crippen molar-refractivity contribution in [3.63, 3.8) is 0 Å². The number of rotatable bonds is 4. The summed E-state index contributed by atoms with van der Waals surface area (Å²) in [5.41, 5.74) is 3.10. The van der Waals surface area contributed by atoms with Gasteiger partial charge in [0.15, 0.2) is 5.78 Å². The zero-order chi connectivity index (χ0) is 20.3. The maximum absolute atomic E-state index is 12.9. The maximum Gasteiger partial charge on any atom is 0.488 e. The minimum absolute atomic E-state index is 0.00902. The van der Waals surface area contributed by atoms with Gasteiger partial charge in [-0.1, -0.05) is 48.6 Å². The third-order valence-corrected chi connectivity index (χ3v) is 4.91. The van der Waals surface area contributed by atoms with Crippen LogP contribution in [0.2, 0.25) is 0 Å². The Morgan fingerprint density at radius 2 is 1.71 bits per heavy atom. The number of allylic oxidation sites excluding steroid dienone is 5. The average Bonchev–Trinajstić information content (AvgIpc) is 2.66. The number of hydrogen-bond acceptors (Lipinski definition) is 6. The van der Waals surface area contributed by atoms with Crippen LogP contribution in [-0.2, 0) is 4.79 Å². The number of Topliss-reactive ketones (excluding diaryl/α,β-unsaturated/α-hetero) is 1. The highest BCUT2D eigenvalue weighted by atomic mass is 16.4. The molecule has 1 aliphatic heterocycles. The molecule has 28 heavy (non-hydrogen) atoms. The lowest BCUT2D eigenvalue weighted by molar-refractivity contribution is -0.113. The minimum atomic E-state index is -1.51. The molecule has 1 fully saturated rings. The van der Waals surface area contributed by atoms with E-state index in [0.29, 0.717) is 36.0 Å². The maximum atomic E-state index is 12.9. The highest BCUT2D eigenvalue weighted by Gasteiger charge is 2.25. The van der Waals surface area contributed by atoms with Gasteiger partial charge in [0.2, 0.25) is 0 Å². The van der Waals surface area contributed by atoms with E-state index in [4.69, 9.17) is 0 Å². The zero-order valence-corrected chi connectivity index (χ0v) is 15.7. The highest BCUT2D eigenvalue weighted by Crippen LogP contribution is 2.24. The Bertz CT molecular complexity index is 856. The number of piperidine rings is 1. The summed E-state index contributed by atoms with van der Waals surface area (Å²) in [6.45, 7) is 1.11. The van der Waals surface area contributed by atoms with Gasteiger partial charge >= 0.3 is 14.2 Å². The summed E-state index contributed by atoms with van der Waals surface area (Å²) < 4.78 is 0. The van der Waals surface area contributed by atoms with Crippen LogP contribution in [0.1, 0.15) is 12.0 Å². The zero-order valence-electron chi connectivity index (χ0n) is 15.7. The first-order valence-corrected chi connectivity index (χ1v) is 9.18. The van der Waals surface area contributed by atoms with Gasteiger partial charge in [0.1, 0.15) is 0 Å². The van der Waals surface area contributed by atoms with E-state index in [1.807, 2.05) is 25.3 Å². The SMILES string of the molecule is CN1C/C(=C\c2ccc(B(O)O)cc2)C(=O)/C(=C/C2C=CC(B(O)O)=CC2)C1. The lowest BCUT2D eigenvalue weighted by Crippen LogP contribution is -2.35. The fourth-order valence-electron chi connectivity index (χ4n) is 3.42. The Balaban J connectivity index is 1.78. The number of likely N-dealkylation sites (tertiary alicyclic amines) is 1. The van der Waals surface area contributed by atoms with Crippen molar-refractivity contribution < 1.29 is 24.9 Å². The van der Waals surface area contributed by atoms with E-state index >= 15 is 0 Å². The van der Waals surface area contributed by atoms with Crippen LogP contribution in [0.4, 0.5) is 0 Å². The summed E-state index contributed by atoms with van der Waals surface area (Å²) in [4.78, 5) is 15.0. The number of carbonyl (C=O) groups excluding carboxylic acids is 1. The molecule has 3 rings (SSSR count). The molecule has 0 aromatic heterocycles. The molecule has 4 N–H and O–H groups in total. The van der Waals surface area contributed by atoms with E-state index in [2.05, 4.69) is 4.90 Å². The average molecular weight is 379 g/mol. The van der Waals surface area contributed by atoms with Gasteiger partial charge < -0.3 is 20.1 Å². The normalized spacial score (nSPS) is 23.2. The molecule has 1 unspecified atom stereocenters. The smallest absolute Gasteiger partial charge is 0.423 e. The molecular formula is C20H23B2NO5. The predicted molar refractivity (Wildman–Crippen MR) is 110 cm³/mol. The van der Waals surface area contributed by atoms with Crippen LogP contribution in [0, 0.1) is 5.92 Å². The summed E-state index contributed by atoms with van der Waals surface area (Å²) in [7, 11) is -1.03. The molecule has 144 valence electrons. The van der Waals surface area contributed by atoms with Crippen molar-refractivity contribution in [3.8, 4) is 0 Å². The van der Waals surface area contributed by atoms with Gasteiger partial charge in [0.25, 0.3) is 0 Å². The molecule has 0 saturated carbocycles.